The molecule has 86 valence electrons. The van der Waals surface area contributed by atoms with Crippen LogP contribution in [0.1, 0.15) is 18.0 Å². The van der Waals surface area contributed by atoms with Crippen LogP contribution in [0.2, 0.25) is 0 Å². The van der Waals surface area contributed by atoms with Gasteiger partial charge in [-0.05, 0) is 36.1 Å². The first kappa shape index (κ1) is 11.3. The van der Waals surface area contributed by atoms with Crippen molar-refractivity contribution in [2.75, 3.05) is 12.0 Å². The Morgan fingerprint density at radius 2 is 2.12 bits per heavy atom. The summed E-state index contributed by atoms with van der Waals surface area (Å²) >= 11 is 1.79. The zero-order chi connectivity index (χ0) is 11.5. The molecule has 1 unspecified atom stereocenters. The van der Waals surface area contributed by atoms with Gasteiger partial charge < -0.3 is 15.7 Å². The van der Waals surface area contributed by atoms with E-state index in [0.717, 1.165) is 28.8 Å². The van der Waals surface area contributed by atoms with Gasteiger partial charge in [0, 0.05) is 6.04 Å². The van der Waals surface area contributed by atoms with E-state index in [9.17, 15) is 4.79 Å². The van der Waals surface area contributed by atoms with Gasteiger partial charge in [0.05, 0.1) is 11.0 Å². The molecule has 0 aliphatic carbocycles. The largest absolute Gasteiger partial charge is 0.324 e. The molecule has 2 rings (SSSR count). The summed E-state index contributed by atoms with van der Waals surface area (Å²) in [5.74, 6) is 1.04. The van der Waals surface area contributed by atoms with E-state index in [1.165, 1.54) is 0 Å². The van der Waals surface area contributed by atoms with Crippen molar-refractivity contribution < 1.29 is 0 Å². The van der Waals surface area contributed by atoms with Crippen molar-refractivity contribution in [2.45, 2.75) is 12.5 Å². The molecule has 0 amide bonds. The fourth-order valence-electron chi connectivity index (χ4n) is 1.69. The first-order valence-electron chi connectivity index (χ1n) is 5.17. The molecule has 2 aromatic rings. The molecule has 0 saturated carbocycles. The molecule has 1 aromatic heterocycles. The highest BCUT2D eigenvalue weighted by Gasteiger charge is 2.07. The number of nitrogens with one attached hydrogen (secondary N) is 2. The molecule has 0 fully saturated rings. The number of thioether (sulfide) groups is 1. The van der Waals surface area contributed by atoms with Gasteiger partial charge in [-0.1, -0.05) is 6.07 Å². The summed E-state index contributed by atoms with van der Waals surface area (Å²) < 4.78 is 0. The van der Waals surface area contributed by atoms with Gasteiger partial charge >= 0.3 is 5.69 Å². The minimum atomic E-state index is -0.176. The van der Waals surface area contributed by atoms with Crippen LogP contribution in [0.15, 0.2) is 23.0 Å². The molecule has 1 atom stereocenters. The molecule has 0 spiro atoms. The molecular formula is C11H15N3OS. The quantitative estimate of drug-likeness (QED) is 0.756. The Kier molecular flexibility index (Phi) is 3.36. The average Bonchev–Trinajstić information content (AvgIpc) is 2.64. The van der Waals surface area contributed by atoms with Crippen LogP contribution in [-0.2, 0) is 0 Å². The number of aromatic nitrogens is 2. The Bertz CT molecular complexity index is 531. The maximum absolute atomic E-state index is 11.1. The normalized spacial score (nSPS) is 13.1. The van der Waals surface area contributed by atoms with Crippen LogP contribution in [0, 0.1) is 0 Å². The third kappa shape index (κ3) is 2.31. The van der Waals surface area contributed by atoms with Gasteiger partial charge in [0.25, 0.3) is 0 Å². The number of hydrogen-bond acceptors (Lipinski definition) is 3. The SMILES string of the molecule is CSCCC(N)c1ccc2[nH]c(=O)[nH]c2c1. The smallest absolute Gasteiger partial charge is 0.323 e. The van der Waals surface area contributed by atoms with E-state index in [4.69, 9.17) is 5.73 Å². The number of H-pyrrole nitrogens is 2. The number of imidazole rings is 1. The van der Waals surface area contributed by atoms with Crippen molar-refractivity contribution in [3.63, 3.8) is 0 Å². The molecule has 1 aromatic carbocycles. The van der Waals surface area contributed by atoms with Gasteiger partial charge in [-0.25, -0.2) is 4.79 Å². The number of hydrogen-bond donors (Lipinski definition) is 3. The van der Waals surface area contributed by atoms with Crippen LogP contribution in [0.4, 0.5) is 0 Å². The second kappa shape index (κ2) is 4.76. The maximum atomic E-state index is 11.1. The van der Waals surface area contributed by atoms with Gasteiger partial charge in [-0.2, -0.15) is 11.8 Å². The Labute approximate surface area is 97.6 Å². The number of fused-ring (bicyclic) bond motifs is 1. The van der Waals surface area contributed by atoms with Crippen molar-refractivity contribution in [2.24, 2.45) is 5.73 Å². The molecule has 0 radical (unpaired) electrons. The van der Waals surface area contributed by atoms with Gasteiger partial charge in [-0.3, -0.25) is 0 Å². The van der Waals surface area contributed by atoms with Crippen LogP contribution in [0.5, 0.6) is 0 Å². The van der Waals surface area contributed by atoms with Crippen LogP contribution < -0.4 is 11.4 Å². The lowest BCUT2D eigenvalue weighted by Crippen LogP contribution is -2.10. The van der Waals surface area contributed by atoms with E-state index in [0.29, 0.717) is 0 Å². The predicted molar refractivity (Wildman–Crippen MR) is 68.8 cm³/mol. The van der Waals surface area contributed by atoms with Crippen molar-refractivity contribution >= 4 is 22.8 Å². The summed E-state index contributed by atoms with van der Waals surface area (Å²) in [7, 11) is 0. The van der Waals surface area contributed by atoms with Crippen LogP contribution >= 0.6 is 11.8 Å². The molecule has 5 heteroatoms. The molecule has 16 heavy (non-hydrogen) atoms. The van der Waals surface area contributed by atoms with Crippen molar-refractivity contribution in [3.05, 3.63) is 34.2 Å². The Hall–Kier alpha value is -1.20. The standard InChI is InChI=1S/C11H15N3OS/c1-16-5-4-8(12)7-2-3-9-10(6-7)14-11(15)13-9/h2-3,6,8H,4-5,12H2,1H3,(H2,13,14,15). The Morgan fingerprint density at radius 3 is 2.88 bits per heavy atom. The number of nitrogens with two attached hydrogens (primary N) is 1. The first-order valence-corrected chi connectivity index (χ1v) is 6.56. The lowest BCUT2D eigenvalue weighted by Gasteiger charge is -2.10. The molecule has 1 heterocycles. The number of aromatic amines is 2. The Balaban J connectivity index is 2.27. The highest BCUT2D eigenvalue weighted by molar-refractivity contribution is 7.98. The second-order valence-electron chi connectivity index (χ2n) is 3.77. The predicted octanol–water partition coefficient (Wildman–Crippen LogP) is 1.61. The molecule has 0 aliphatic rings. The minimum Gasteiger partial charge on any atom is -0.324 e. The summed E-state index contributed by atoms with van der Waals surface area (Å²) in [6.07, 6.45) is 3.01. The summed E-state index contributed by atoms with van der Waals surface area (Å²) in [6.45, 7) is 0. The lowest BCUT2D eigenvalue weighted by atomic mass is 10.1. The van der Waals surface area contributed by atoms with E-state index < -0.39 is 0 Å². The molecule has 0 bridgehead atoms. The maximum Gasteiger partial charge on any atom is 0.323 e. The van der Waals surface area contributed by atoms with Crippen molar-refractivity contribution in [3.8, 4) is 0 Å². The Morgan fingerprint density at radius 1 is 1.38 bits per heavy atom. The van der Waals surface area contributed by atoms with Gasteiger partial charge in [-0.15, -0.1) is 0 Å². The first-order chi connectivity index (χ1) is 7.70. The second-order valence-corrected chi connectivity index (χ2v) is 4.76. The highest BCUT2D eigenvalue weighted by atomic mass is 32.2. The molecule has 0 saturated heterocycles. The van der Waals surface area contributed by atoms with Crippen molar-refractivity contribution in [1.82, 2.24) is 9.97 Å². The van der Waals surface area contributed by atoms with E-state index in [1.807, 2.05) is 18.2 Å². The van der Waals surface area contributed by atoms with Gasteiger partial charge in [0.15, 0.2) is 0 Å². The highest BCUT2D eigenvalue weighted by Crippen LogP contribution is 2.19. The number of rotatable bonds is 4. The average molecular weight is 237 g/mol. The third-order valence-electron chi connectivity index (χ3n) is 2.60. The van der Waals surface area contributed by atoms with E-state index in [2.05, 4.69) is 16.2 Å². The molecule has 4 nitrogen and oxygen atoms in total. The van der Waals surface area contributed by atoms with Crippen molar-refractivity contribution in [1.29, 1.82) is 0 Å². The minimum absolute atomic E-state index is 0.0373. The van der Waals surface area contributed by atoms with Gasteiger partial charge in [0.2, 0.25) is 0 Å². The zero-order valence-corrected chi connectivity index (χ0v) is 9.93. The topological polar surface area (TPSA) is 74.7 Å². The fraction of sp³-hybridized carbons (Fsp3) is 0.364. The van der Waals surface area contributed by atoms with E-state index in [1.54, 1.807) is 11.8 Å². The number of benzene rings is 1. The molecule has 4 N–H and O–H groups in total. The van der Waals surface area contributed by atoms with E-state index >= 15 is 0 Å². The van der Waals surface area contributed by atoms with Crippen LogP contribution in [0.3, 0.4) is 0 Å². The third-order valence-corrected chi connectivity index (χ3v) is 3.25. The van der Waals surface area contributed by atoms with Crippen LogP contribution in [-0.4, -0.2) is 22.0 Å². The van der Waals surface area contributed by atoms with E-state index in [-0.39, 0.29) is 11.7 Å². The summed E-state index contributed by atoms with van der Waals surface area (Å²) in [5, 5.41) is 0. The van der Waals surface area contributed by atoms with Gasteiger partial charge in [0.1, 0.15) is 0 Å². The molecular weight excluding hydrogens is 222 g/mol. The lowest BCUT2D eigenvalue weighted by molar-refractivity contribution is 0.706. The summed E-state index contributed by atoms with van der Waals surface area (Å²) in [6, 6.07) is 5.84. The fourth-order valence-corrected chi connectivity index (χ4v) is 2.18. The molecule has 0 aliphatic heterocycles. The van der Waals surface area contributed by atoms with Crippen LogP contribution in [0.25, 0.3) is 11.0 Å². The zero-order valence-electron chi connectivity index (χ0n) is 9.12. The monoisotopic (exact) mass is 237 g/mol. The summed E-state index contributed by atoms with van der Waals surface area (Å²) in [5.41, 5.74) is 8.60. The summed E-state index contributed by atoms with van der Waals surface area (Å²) in [4.78, 5) is 16.5.